The first-order chi connectivity index (χ1) is 27.6. The van der Waals surface area contributed by atoms with Crippen molar-refractivity contribution in [3.63, 3.8) is 0 Å². The smallest absolute Gasteiger partial charge is 0.243 e. The number of unbranched alkanes of at least 4 members (excludes halogenated alkanes) is 20. The molecule has 56 heavy (non-hydrogen) atoms. The Morgan fingerprint density at radius 1 is 0.554 bits per heavy atom. The number of nitrogens with zero attached hydrogens (tertiary/aromatic N) is 2. The van der Waals surface area contributed by atoms with E-state index in [1.54, 1.807) is 0 Å². The van der Waals surface area contributed by atoms with Gasteiger partial charge >= 0.3 is 0 Å². The summed E-state index contributed by atoms with van der Waals surface area (Å²) >= 11 is 0. The van der Waals surface area contributed by atoms with Crippen LogP contribution in [0.1, 0.15) is 233 Å². The second kappa shape index (κ2) is 39.9. The molecule has 1 atom stereocenters. The Bertz CT molecular complexity index is 964. The van der Waals surface area contributed by atoms with Crippen LogP contribution in [-0.2, 0) is 9.59 Å². The van der Waals surface area contributed by atoms with E-state index in [9.17, 15) is 9.59 Å². The van der Waals surface area contributed by atoms with Gasteiger partial charge in [-0.15, -0.1) is 0 Å². The number of amides is 2. The van der Waals surface area contributed by atoms with Gasteiger partial charge in [-0.2, -0.15) is 0 Å². The monoisotopic (exact) mass is 782 g/mol. The minimum absolute atomic E-state index is 0.117. The lowest BCUT2D eigenvalue weighted by Gasteiger charge is -2.38. The number of nitrogens with one attached hydrogen (secondary N) is 1. The molecule has 0 aromatic heterocycles. The maximum Gasteiger partial charge on any atom is 0.243 e. The first-order valence-electron chi connectivity index (χ1n) is 24.8. The van der Waals surface area contributed by atoms with Crippen molar-refractivity contribution in [2.45, 2.75) is 239 Å². The normalized spacial score (nSPS) is 14.5. The molecule has 0 heterocycles. The van der Waals surface area contributed by atoms with Crippen LogP contribution in [0.15, 0.2) is 36.5 Å². The van der Waals surface area contributed by atoms with Crippen LogP contribution >= 0.6 is 0 Å². The molecule has 0 aliphatic heterocycles. The molecule has 1 saturated carbocycles. The van der Waals surface area contributed by atoms with Gasteiger partial charge in [-0.3, -0.25) is 9.59 Å². The molecule has 0 saturated heterocycles. The third-order valence-electron chi connectivity index (χ3n) is 12.2. The van der Waals surface area contributed by atoms with Gasteiger partial charge in [0.15, 0.2) is 0 Å². The number of carbonyl (C=O) groups excluding carboxylic acids is 2. The third kappa shape index (κ3) is 29.4. The van der Waals surface area contributed by atoms with E-state index >= 15 is 0 Å². The van der Waals surface area contributed by atoms with Crippen LogP contribution in [0.3, 0.4) is 0 Å². The van der Waals surface area contributed by atoms with Gasteiger partial charge in [0.05, 0.1) is 0 Å². The summed E-state index contributed by atoms with van der Waals surface area (Å²) in [5.74, 6) is 0.609. The average Bonchev–Trinajstić information content (AvgIpc) is 3.21. The van der Waals surface area contributed by atoms with Crippen molar-refractivity contribution in [2.24, 2.45) is 5.92 Å². The van der Waals surface area contributed by atoms with Crippen molar-refractivity contribution in [1.82, 2.24) is 15.1 Å². The number of allylic oxidation sites excluding steroid dienone is 6. The summed E-state index contributed by atoms with van der Waals surface area (Å²) in [6.45, 7) is 13.4. The van der Waals surface area contributed by atoms with Gasteiger partial charge in [-0.25, -0.2) is 0 Å². The van der Waals surface area contributed by atoms with Gasteiger partial charge in [0.25, 0.3) is 0 Å². The molecular weight excluding hydrogens is 687 g/mol. The predicted octanol–water partition coefficient (Wildman–Crippen LogP) is 14.5. The fourth-order valence-corrected chi connectivity index (χ4v) is 8.51. The highest BCUT2D eigenvalue weighted by molar-refractivity contribution is 5.88. The zero-order chi connectivity index (χ0) is 40.6. The van der Waals surface area contributed by atoms with Gasteiger partial charge in [0.2, 0.25) is 11.8 Å². The Balaban J connectivity index is 2.50. The zero-order valence-electron chi connectivity index (χ0n) is 38.0. The minimum Gasteiger partial charge on any atom is -0.354 e. The molecule has 0 radical (unpaired) electrons. The maximum atomic E-state index is 14.0. The summed E-state index contributed by atoms with van der Waals surface area (Å²) in [5, 5.41) is 3.35. The van der Waals surface area contributed by atoms with E-state index < -0.39 is 0 Å². The summed E-state index contributed by atoms with van der Waals surface area (Å²) in [6.07, 6.45) is 52.4. The van der Waals surface area contributed by atoms with Crippen molar-refractivity contribution >= 4 is 11.8 Å². The minimum atomic E-state index is -0.310. The van der Waals surface area contributed by atoms with E-state index in [0.29, 0.717) is 13.0 Å². The highest BCUT2D eigenvalue weighted by Gasteiger charge is 2.36. The summed E-state index contributed by atoms with van der Waals surface area (Å²) in [4.78, 5) is 32.6. The third-order valence-corrected chi connectivity index (χ3v) is 12.2. The predicted molar refractivity (Wildman–Crippen MR) is 246 cm³/mol. The Kier molecular flexibility index (Phi) is 37.2. The fraction of sp³-hybridized carbons (Fsp3) is 0.843. The lowest BCUT2D eigenvalue weighted by Crippen LogP contribution is -2.54. The lowest BCUT2D eigenvalue weighted by molar-refractivity contribution is -0.143. The summed E-state index contributed by atoms with van der Waals surface area (Å²) in [6, 6.07) is -0.310. The SMILES string of the molecule is CC/C=C\C/C=C\C/C=C\CCCCCCCC(=O)N(CCCN(CC)CC)C(C(=O)NCCCCCCCCCCCCCCCCCC)C1CCCCC1. The summed E-state index contributed by atoms with van der Waals surface area (Å²) in [5.41, 5.74) is 0. The molecule has 0 bridgehead atoms. The number of rotatable bonds is 39. The van der Waals surface area contributed by atoms with Crippen LogP contribution < -0.4 is 5.32 Å². The highest BCUT2D eigenvalue weighted by atomic mass is 16.2. The second-order valence-corrected chi connectivity index (χ2v) is 17.0. The van der Waals surface area contributed by atoms with E-state index in [1.165, 1.54) is 135 Å². The maximum absolute atomic E-state index is 14.0. The van der Waals surface area contributed by atoms with Gasteiger partial charge in [-0.05, 0) is 89.8 Å². The first-order valence-corrected chi connectivity index (χ1v) is 24.8. The molecule has 5 heteroatoms. The molecule has 0 aromatic rings. The second-order valence-electron chi connectivity index (χ2n) is 17.0. The summed E-state index contributed by atoms with van der Waals surface area (Å²) < 4.78 is 0. The number of hydrogen-bond acceptors (Lipinski definition) is 3. The van der Waals surface area contributed by atoms with Crippen molar-refractivity contribution in [2.75, 3.05) is 32.7 Å². The molecule has 1 aliphatic carbocycles. The van der Waals surface area contributed by atoms with Gasteiger partial charge < -0.3 is 15.1 Å². The van der Waals surface area contributed by atoms with Crippen molar-refractivity contribution < 1.29 is 9.59 Å². The molecule has 0 spiro atoms. The number of carbonyl (C=O) groups is 2. The van der Waals surface area contributed by atoms with E-state index in [2.05, 4.69) is 79.3 Å². The molecule has 5 nitrogen and oxygen atoms in total. The quantitative estimate of drug-likeness (QED) is 0.0499. The van der Waals surface area contributed by atoms with Crippen LogP contribution in [0.25, 0.3) is 0 Å². The molecule has 0 aromatic carbocycles. The van der Waals surface area contributed by atoms with E-state index in [1.807, 2.05) is 0 Å². The van der Waals surface area contributed by atoms with Crippen molar-refractivity contribution in [1.29, 1.82) is 0 Å². The van der Waals surface area contributed by atoms with Crippen molar-refractivity contribution in [3.05, 3.63) is 36.5 Å². The molecule has 1 fully saturated rings. The summed E-state index contributed by atoms with van der Waals surface area (Å²) in [7, 11) is 0. The fourth-order valence-electron chi connectivity index (χ4n) is 8.51. The van der Waals surface area contributed by atoms with E-state index in [0.717, 1.165) is 90.4 Å². The van der Waals surface area contributed by atoms with Crippen LogP contribution in [0, 0.1) is 5.92 Å². The Labute approximate surface area is 349 Å². The molecule has 1 unspecified atom stereocenters. The topological polar surface area (TPSA) is 52.7 Å². The lowest BCUT2D eigenvalue weighted by atomic mass is 9.82. The zero-order valence-corrected chi connectivity index (χ0v) is 38.0. The first kappa shape index (κ1) is 52.1. The Morgan fingerprint density at radius 2 is 1.05 bits per heavy atom. The standard InChI is InChI=1S/C51H95N3O2/c1-5-9-11-13-15-17-19-21-23-25-27-29-31-33-35-40-45-52-51(56)50(48-42-37-36-38-43-48)54(47-41-46-53(7-3)8-4)49(55)44-39-34-32-30-28-26-24-22-20-18-16-14-12-10-6-2/h10,12,16,18,22,24,48,50H,5-9,11,13-15,17,19-21,23,25-47H2,1-4H3,(H,52,56)/b12-10-,18-16-,24-22-. The van der Waals surface area contributed by atoms with Crippen LogP contribution in [0.2, 0.25) is 0 Å². The van der Waals surface area contributed by atoms with Crippen LogP contribution in [0.5, 0.6) is 0 Å². The van der Waals surface area contributed by atoms with Gasteiger partial charge in [0.1, 0.15) is 6.04 Å². The molecule has 1 rings (SSSR count). The average molecular weight is 782 g/mol. The highest BCUT2D eigenvalue weighted by Crippen LogP contribution is 2.30. The molecule has 1 N–H and O–H groups in total. The van der Waals surface area contributed by atoms with Gasteiger partial charge in [0, 0.05) is 19.5 Å². The van der Waals surface area contributed by atoms with Crippen LogP contribution in [-0.4, -0.2) is 60.4 Å². The van der Waals surface area contributed by atoms with Crippen LogP contribution in [0.4, 0.5) is 0 Å². The number of hydrogen-bond donors (Lipinski definition) is 1. The van der Waals surface area contributed by atoms with E-state index in [4.69, 9.17) is 0 Å². The Morgan fingerprint density at radius 3 is 1.61 bits per heavy atom. The molecule has 2 amide bonds. The molecule has 326 valence electrons. The molecular formula is C51H95N3O2. The van der Waals surface area contributed by atoms with Crippen molar-refractivity contribution in [3.8, 4) is 0 Å². The molecule has 1 aliphatic rings. The van der Waals surface area contributed by atoms with E-state index in [-0.39, 0.29) is 23.8 Å². The largest absolute Gasteiger partial charge is 0.354 e. The Hall–Kier alpha value is -1.88. The van der Waals surface area contributed by atoms with Gasteiger partial charge in [-0.1, -0.05) is 199 Å².